The Morgan fingerprint density at radius 2 is 2.33 bits per heavy atom. The summed E-state index contributed by atoms with van der Waals surface area (Å²) >= 11 is 0. The van der Waals surface area contributed by atoms with Gasteiger partial charge in [-0.1, -0.05) is 19.9 Å². The molecular weight excluding hydrogens is 146 g/mol. The molecule has 0 saturated heterocycles. The molecule has 1 radical (unpaired) electrons. The van der Waals surface area contributed by atoms with Crippen LogP contribution in [0.2, 0.25) is 0 Å². The zero-order valence-electron chi connectivity index (χ0n) is 7.65. The molecule has 0 bridgehead atoms. The molecule has 1 aliphatic rings. The predicted molar refractivity (Wildman–Crippen MR) is 51.4 cm³/mol. The van der Waals surface area contributed by atoms with Crippen molar-refractivity contribution < 1.29 is 0 Å². The lowest BCUT2D eigenvalue weighted by atomic mass is 9.78. The maximum atomic E-state index is 3.40. The smallest absolute Gasteiger partial charge is 0.0378 e. The van der Waals surface area contributed by atoms with Crippen LogP contribution in [0.3, 0.4) is 0 Å². The first-order valence-electron chi connectivity index (χ1n) is 4.45. The molecule has 1 heterocycles. The number of hydrogen-bond donors (Lipinski definition) is 1. The van der Waals surface area contributed by atoms with Gasteiger partial charge in [0.1, 0.15) is 0 Å². The van der Waals surface area contributed by atoms with Crippen molar-refractivity contribution in [2.24, 2.45) is 0 Å². The number of rotatable bonds is 0. The van der Waals surface area contributed by atoms with Crippen molar-refractivity contribution in [2.75, 3.05) is 11.9 Å². The van der Waals surface area contributed by atoms with E-state index in [-0.39, 0.29) is 0 Å². The third-order valence-corrected chi connectivity index (χ3v) is 2.66. The summed E-state index contributed by atoms with van der Waals surface area (Å²) < 4.78 is 0. The summed E-state index contributed by atoms with van der Waals surface area (Å²) in [6.45, 7) is 5.67. The van der Waals surface area contributed by atoms with Gasteiger partial charge in [0.25, 0.3) is 0 Å². The van der Waals surface area contributed by atoms with Gasteiger partial charge < -0.3 is 5.32 Å². The zero-order chi connectivity index (χ0) is 8.60. The predicted octanol–water partition coefficient (Wildman–Crippen LogP) is 2.58. The van der Waals surface area contributed by atoms with Crippen molar-refractivity contribution in [1.82, 2.24) is 0 Å². The highest BCUT2D eigenvalue weighted by Crippen LogP contribution is 2.35. The Kier molecular flexibility index (Phi) is 1.60. The van der Waals surface area contributed by atoms with E-state index in [0.29, 0.717) is 5.41 Å². The molecule has 1 aromatic rings. The van der Waals surface area contributed by atoms with Crippen molar-refractivity contribution >= 4 is 5.69 Å². The monoisotopic (exact) mass is 160 g/mol. The van der Waals surface area contributed by atoms with Crippen LogP contribution in [0.1, 0.15) is 25.8 Å². The van der Waals surface area contributed by atoms with Crippen LogP contribution in [0.25, 0.3) is 0 Å². The molecule has 1 aromatic carbocycles. The van der Waals surface area contributed by atoms with Gasteiger partial charge in [-0.15, -0.1) is 0 Å². The molecule has 2 rings (SSSR count). The summed E-state index contributed by atoms with van der Waals surface area (Å²) in [6, 6.07) is 9.31. The van der Waals surface area contributed by atoms with Gasteiger partial charge in [0.05, 0.1) is 0 Å². The first-order valence-corrected chi connectivity index (χ1v) is 4.45. The topological polar surface area (TPSA) is 12.0 Å². The molecule has 1 heteroatoms. The minimum Gasteiger partial charge on any atom is -0.385 e. The molecule has 0 fully saturated rings. The molecule has 1 nitrogen and oxygen atoms in total. The number of nitrogens with one attached hydrogen (secondary N) is 1. The first kappa shape index (κ1) is 7.66. The van der Waals surface area contributed by atoms with E-state index in [1.165, 1.54) is 17.7 Å². The van der Waals surface area contributed by atoms with Gasteiger partial charge in [-0.3, -0.25) is 0 Å². The molecule has 0 spiro atoms. The van der Waals surface area contributed by atoms with Crippen LogP contribution < -0.4 is 5.32 Å². The lowest BCUT2D eigenvalue weighted by Crippen LogP contribution is -2.27. The van der Waals surface area contributed by atoms with Gasteiger partial charge in [0, 0.05) is 12.2 Å². The van der Waals surface area contributed by atoms with Gasteiger partial charge in [-0.05, 0) is 35.6 Å². The maximum absolute atomic E-state index is 3.40. The van der Waals surface area contributed by atoms with Gasteiger partial charge in [0.2, 0.25) is 0 Å². The normalized spacial score (nSPS) is 19.5. The SMILES string of the molecule is CC1(C)CCNc2cc[c]cc21. The fourth-order valence-corrected chi connectivity index (χ4v) is 1.79. The van der Waals surface area contributed by atoms with Crippen LogP contribution in [0.15, 0.2) is 18.2 Å². The molecule has 0 saturated carbocycles. The second-order valence-corrected chi connectivity index (χ2v) is 4.03. The van der Waals surface area contributed by atoms with Gasteiger partial charge in [-0.25, -0.2) is 0 Å². The molecule has 0 aromatic heterocycles. The Morgan fingerprint density at radius 3 is 3.08 bits per heavy atom. The minimum absolute atomic E-state index is 0.318. The van der Waals surface area contributed by atoms with Crippen molar-refractivity contribution in [3.63, 3.8) is 0 Å². The summed E-state index contributed by atoms with van der Waals surface area (Å²) in [4.78, 5) is 0. The Labute approximate surface area is 73.8 Å². The molecule has 0 amide bonds. The third-order valence-electron chi connectivity index (χ3n) is 2.66. The average molecular weight is 160 g/mol. The molecule has 0 aliphatic carbocycles. The fourth-order valence-electron chi connectivity index (χ4n) is 1.79. The van der Waals surface area contributed by atoms with E-state index in [2.05, 4.69) is 37.4 Å². The van der Waals surface area contributed by atoms with E-state index in [1.54, 1.807) is 0 Å². The second kappa shape index (κ2) is 2.51. The van der Waals surface area contributed by atoms with Gasteiger partial charge >= 0.3 is 0 Å². The van der Waals surface area contributed by atoms with E-state index in [0.717, 1.165) is 6.54 Å². The molecule has 1 aliphatic heterocycles. The van der Waals surface area contributed by atoms with Crippen molar-refractivity contribution in [2.45, 2.75) is 25.7 Å². The molecular formula is C11H14N. The number of anilines is 1. The van der Waals surface area contributed by atoms with Crippen LogP contribution in [0.4, 0.5) is 5.69 Å². The van der Waals surface area contributed by atoms with E-state index >= 15 is 0 Å². The van der Waals surface area contributed by atoms with Crippen molar-refractivity contribution in [3.8, 4) is 0 Å². The number of hydrogen-bond acceptors (Lipinski definition) is 1. The van der Waals surface area contributed by atoms with Crippen molar-refractivity contribution in [1.29, 1.82) is 0 Å². The summed E-state index contributed by atoms with van der Waals surface area (Å²) in [6.07, 6.45) is 1.21. The highest BCUT2D eigenvalue weighted by molar-refractivity contribution is 5.56. The van der Waals surface area contributed by atoms with Gasteiger partial charge in [0.15, 0.2) is 0 Å². The zero-order valence-corrected chi connectivity index (χ0v) is 7.65. The summed E-state index contributed by atoms with van der Waals surface area (Å²) in [7, 11) is 0. The van der Waals surface area contributed by atoms with E-state index in [4.69, 9.17) is 0 Å². The molecule has 0 unspecified atom stereocenters. The van der Waals surface area contributed by atoms with Gasteiger partial charge in [-0.2, -0.15) is 0 Å². The molecule has 12 heavy (non-hydrogen) atoms. The molecule has 1 N–H and O–H groups in total. The summed E-state index contributed by atoms with van der Waals surface area (Å²) in [5.41, 5.74) is 3.00. The maximum Gasteiger partial charge on any atom is 0.0378 e. The largest absolute Gasteiger partial charge is 0.385 e. The second-order valence-electron chi connectivity index (χ2n) is 4.03. The number of benzene rings is 1. The van der Waals surface area contributed by atoms with E-state index in [1.807, 2.05) is 6.07 Å². The quantitative estimate of drug-likeness (QED) is 0.615. The third kappa shape index (κ3) is 1.09. The Morgan fingerprint density at radius 1 is 1.50 bits per heavy atom. The van der Waals surface area contributed by atoms with Crippen LogP contribution in [0, 0.1) is 6.07 Å². The minimum atomic E-state index is 0.318. The Bertz CT molecular complexity index is 289. The Hall–Kier alpha value is -0.980. The van der Waals surface area contributed by atoms with Crippen LogP contribution in [-0.4, -0.2) is 6.54 Å². The number of fused-ring (bicyclic) bond motifs is 1. The fraction of sp³-hybridized carbons (Fsp3) is 0.455. The highest BCUT2D eigenvalue weighted by Gasteiger charge is 2.26. The van der Waals surface area contributed by atoms with Crippen LogP contribution >= 0.6 is 0 Å². The molecule has 63 valence electrons. The van der Waals surface area contributed by atoms with Crippen molar-refractivity contribution in [3.05, 3.63) is 29.8 Å². The molecule has 0 atom stereocenters. The van der Waals surface area contributed by atoms with E-state index in [9.17, 15) is 0 Å². The Balaban J connectivity index is 2.52. The average Bonchev–Trinajstić information content (AvgIpc) is 2.04. The lowest BCUT2D eigenvalue weighted by Gasteiger charge is -2.32. The van der Waals surface area contributed by atoms with Crippen LogP contribution in [0.5, 0.6) is 0 Å². The summed E-state index contributed by atoms with van der Waals surface area (Å²) in [5.74, 6) is 0. The van der Waals surface area contributed by atoms with E-state index < -0.39 is 0 Å². The standard InChI is InChI=1S/C11H14N/c1-11(2)7-8-12-10-6-4-3-5-9(10)11/h4-6,12H,7-8H2,1-2H3. The first-order chi connectivity index (χ1) is 5.70. The van der Waals surface area contributed by atoms with Crippen LogP contribution in [-0.2, 0) is 5.41 Å². The summed E-state index contributed by atoms with van der Waals surface area (Å²) in [5, 5.41) is 3.40. The highest BCUT2D eigenvalue weighted by atomic mass is 14.9. The lowest BCUT2D eigenvalue weighted by molar-refractivity contribution is 0.482.